The Morgan fingerprint density at radius 2 is 2.24 bits per heavy atom. The van der Waals surface area contributed by atoms with Crippen molar-refractivity contribution >= 4 is 5.97 Å². The second-order valence-electron chi connectivity index (χ2n) is 9.10. The van der Waals surface area contributed by atoms with Gasteiger partial charge in [-0.25, -0.2) is 0 Å². The number of nitrogens with zero attached hydrogens (tertiary/aromatic N) is 1. The average molecular weight is 402 g/mol. The summed E-state index contributed by atoms with van der Waals surface area (Å²) in [6, 6.07) is 4.20. The number of carboxylic acid groups (broad SMARTS) is 1. The number of rotatable bonds is 6. The van der Waals surface area contributed by atoms with Crippen LogP contribution >= 0.6 is 0 Å². The lowest BCUT2D eigenvalue weighted by atomic mass is 9.48. The molecule has 2 fully saturated rings. The quantitative estimate of drug-likeness (QED) is 0.623. The number of methoxy groups -OCH3 is 1. The topological polar surface area (TPSA) is 91.3 Å². The zero-order valence-electron chi connectivity index (χ0n) is 17.1. The van der Waals surface area contributed by atoms with E-state index in [-0.39, 0.29) is 41.4 Å². The number of piperidine rings is 1. The third kappa shape index (κ3) is 2.38. The summed E-state index contributed by atoms with van der Waals surface area (Å²) in [6.07, 6.45) is 4.29. The molecule has 1 spiro atoms. The third-order valence-electron chi connectivity index (χ3n) is 8.03. The maximum atomic E-state index is 10.9. The zero-order valence-corrected chi connectivity index (χ0v) is 17.1. The molecule has 4 aliphatic rings. The molecule has 0 amide bonds. The van der Waals surface area contributed by atoms with Crippen LogP contribution in [0.4, 0.5) is 0 Å². The van der Waals surface area contributed by atoms with Crippen molar-refractivity contribution in [2.75, 3.05) is 27.2 Å². The van der Waals surface area contributed by atoms with Crippen molar-refractivity contribution in [3.8, 4) is 11.5 Å². The van der Waals surface area contributed by atoms with E-state index < -0.39 is 5.97 Å². The van der Waals surface area contributed by atoms with Crippen LogP contribution in [0, 0.1) is 0 Å². The number of ether oxygens (including phenoxy) is 2. The minimum atomic E-state index is -0.767. The van der Waals surface area contributed by atoms with Crippen LogP contribution in [-0.4, -0.2) is 72.1 Å². The highest BCUT2D eigenvalue weighted by Crippen LogP contribution is 2.66. The number of nitrogens with one attached hydrogen (secondary N) is 1. The smallest absolute Gasteiger partial charge is 0.303 e. The summed E-state index contributed by atoms with van der Waals surface area (Å²) in [4.78, 5) is 13.3. The first-order valence-electron chi connectivity index (χ1n) is 10.7. The van der Waals surface area contributed by atoms with Crippen molar-refractivity contribution in [3.05, 3.63) is 23.3 Å². The van der Waals surface area contributed by atoms with Crippen LogP contribution in [0.2, 0.25) is 0 Å². The maximum Gasteiger partial charge on any atom is 0.303 e. The van der Waals surface area contributed by atoms with E-state index in [1.54, 1.807) is 6.07 Å². The molecular formula is C22H30N2O5. The molecule has 2 aliphatic heterocycles. The largest absolute Gasteiger partial charge is 0.504 e. The molecular weight excluding hydrogens is 372 g/mol. The molecule has 7 heteroatoms. The van der Waals surface area contributed by atoms with E-state index in [0.717, 1.165) is 37.8 Å². The second-order valence-corrected chi connectivity index (χ2v) is 9.10. The predicted molar refractivity (Wildman–Crippen MR) is 107 cm³/mol. The van der Waals surface area contributed by atoms with Crippen molar-refractivity contribution in [2.24, 2.45) is 0 Å². The van der Waals surface area contributed by atoms with Gasteiger partial charge in [0.15, 0.2) is 11.5 Å². The van der Waals surface area contributed by atoms with Crippen LogP contribution in [0.5, 0.6) is 11.5 Å². The molecule has 2 aliphatic carbocycles. The molecule has 0 aromatic heterocycles. The molecule has 1 aromatic carbocycles. The lowest BCUT2D eigenvalue weighted by Crippen LogP contribution is -2.78. The second kappa shape index (κ2) is 6.59. The Balaban J connectivity index is 1.57. The highest BCUT2D eigenvalue weighted by Gasteiger charge is 2.73. The summed E-state index contributed by atoms with van der Waals surface area (Å²) in [7, 11) is 4.02. The van der Waals surface area contributed by atoms with E-state index in [1.807, 2.05) is 7.11 Å². The number of phenols is 1. The Morgan fingerprint density at radius 3 is 3.00 bits per heavy atom. The number of aliphatic carboxylic acids is 1. The third-order valence-corrected chi connectivity index (χ3v) is 8.03. The van der Waals surface area contributed by atoms with Gasteiger partial charge >= 0.3 is 5.97 Å². The fourth-order valence-corrected chi connectivity index (χ4v) is 6.88. The SMILES string of the molecule is CO[C@@]12CC[C@H](NCCCC(=O)O)[C@@H]3Oc4c(O)ccc5c4[C@@]31CCN(C)C2C5. The number of hydrogen-bond donors (Lipinski definition) is 3. The highest BCUT2D eigenvalue weighted by molar-refractivity contribution is 5.66. The fourth-order valence-electron chi connectivity index (χ4n) is 6.88. The summed E-state index contributed by atoms with van der Waals surface area (Å²) in [6.45, 7) is 1.61. The van der Waals surface area contributed by atoms with Crippen LogP contribution in [0.3, 0.4) is 0 Å². The van der Waals surface area contributed by atoms with E-state index in [1.165, 1.54) is 5.56 Å². The van der Waals surface area contributed by atoms with Crippen LogP contribution in [-0.2, 0) is 21.4 Å². The fraction of sp³-hybridized carbons (Fsp3) is 0.682. The predicted octanol–water partition coefficient (Wildman–Crippen LogP) is 1.65. The highest BCUT2D eigenvalue weighted by atomic mass is 16.5. The Morgan fingerprint density at radius 1 is 1.41 bits per heavy atom. The average Bonchev–Trinajstić information content (AvgIpc) is 3.06. The minimum absolute atomic E-state index is 0.105. The van der Waals surface area contributed by atoms with E-state index in [4.69, 9.17) is 14.6 Å². The number of benzene rings is 1. The van der Waals surface area contributed by atoms with Gasteiger partial charge in [-0.3, -0.25) is 4.79 Å². The molecule has 29 heavy (non-hydrogen) atoms. The van der Waals surface area contributed by atoms with Gasteiger partial charge in [-0.1, -0.05) is 6.07 Å². The molecule has 1 aromatic rings. The number of aromatic hydroxyl groups is 1. The van der Waals surface area contributed by atoms with Crippen molar-refractivity contribution in [2.45, 2.75) is 67.7 Å². The van der Waals surface area contributed by atoms with Crippen molar-refractivity contribution in [1.29, 1.82) is 0 Å². The molecule has 1 saturated heterocycles. The van der Waals surface area contributed by atoms with Gasteiger partial charge in [-0.15, -0.1) is 0 Å². The van der Waals surface area contributed by atoms with Crippen LogP contribution in [0.25, 0.3) is 0 Å². The van der Waals surface area contributed by atoms with Gasteiger partial charge in [0, 0.05) is 31.2 Å². The molecule has 1 unspecified atom stereocenters. The van der Waals surface area contributed by atoms with Crippen molar-refractivity contribution in [1.82, 2.24) is 10.2 Å². The molecule has 2 heterocycles. The molecule has 0 radical (unpaired) electrons. The Hall–Kier alpha value is -1.83. The monoisotopic (exact) mass is 402 g/mol. The number of carboxylic acids is 1. The first kappa shape index (κ1) is 19.2. The molecule has 2 bridgehead atoms. The summed E-state index contributed by atoms with van der Waals surface area (Å²) >= 11 is 0. The minimum Gasteiger partial charge on any atom is -0.504 e. The summed E-state index contributed by atoms with van der Waals surface area (Å²) < 4.78 is 12.9. The van der Waals surface area contributed by atoms with E-state index in [0.29, 0.717) is 18.7 Å². The van der Waals surface area contributed by atoms with Gasteiger partial charge in [-0.2, -0.15) is 0 Å². The van der Waals surface area contributed by atoms with Crippen molar-refractivity contribution in [3.63, 3.8) is 0 Å². The molecule has 5 atom stereocenters. The van der Waals surface area contributed by atoms with Crippen LogP contribution in [0.15, 0.2) is 12.1 Å². The summed E-state index contributed by atoms with van der Waals surface area (Å²) in [5.41, 5.74) is 1.79. The lowest BCUT2D eigenvalue weighted by Gasteiger charge is -2.65. The Kier molecular flexibility index (Phi) is 4.35. The van der Waals surface area contributed by atoms with Gasteiger partial charge in [0.1, 0.15) is 6.10 Å². The number of phenolic OH excluding ortho intramolecular Hbond substituents is 1. The first-order valence-corrected chi connectivity index (χ1v) is 10.7. The van der Waals surface area contributed by atoms with Crippen molar-refractivity contribution < 1.29 is 24.5 Å². The molecule has 158 valence electrons. The van der Waals surface area contributed by atoms with E-state index in [9.17, 15) is 9.90 Å². The van der Waals surface area contributed by atoms with Gasteiger partial charge in [0.25, 0.3) is 0 Å². The number of carbonyl (C=O) groups is 1. The Labute approximate surface area is 171 Å². The molecule has 7 nitrogen and oxygen atoms in total. The normalized spacial score (nSPS) is 37.1. The van der Waals surface area contributed by atoms with Gasteiger partial charge in [0.05, 0.1) is 11.0 Å². The maximum absolute atomic E-state index is 10.9. The van der Waals surface area contributed by atoms with E-state index in [2.05, 4.69) is 23.3 Å². The first-order chi connectivity index (χ1) is 13.9. The van der Waals surface area contributed by atoms with Gasteiger partial charge in [0.2, 0.25) is 0 Å². The summed E-state index contributed by atoms with van der Waals surface area (Å²) in [5.74, 6) is 0.0765. The van der Waals surface area contributed by atoms with Gasteiger partial charge in [-0.05, 0) is 63.9 Å². The Bertz CT molecular complexity index is 845. The number of likely N-dealkylation sites (tertiary alicyclic amines) is 1. The zero-order chi connectivity index (χ0) is 20.4. The molecule has 5 rings (SSSR count). The lowest BCUT2D eigenvalue weighted by molar-refractivity contribution is -0.203. The van der Waals surface area contributed by atoms with Crippen LogP contribution in [0.1, 0.15) is 43.2 Å². The summed E-state index contributed by atoms with van der Waals surface area (Å²) in [5, 5.41) is 23.1. The standard InChI is InChI=1S/C22H30N2O5/c1-24-11-9-21-18-13-5-6-15(25)19(18)29-20(21)14(23-10-3-4-17(26)27)7-8-22(21,28-2)16(24)12-13/h5-6,14,16,20,23,25H,3-4,7-12H2,1-2H3,(H,26,27)/t14-,16?,20-,21-,22+/m0/s1. The number of hydrogen-bond acceptors (Lipinski definition) is 6. The number of likely N-dealkylation sites (N-methyl/N-ethyl adjacent to an activating group) is 1. The van der Waals surface area contributed by atoms with E-state index >= 15 is 0 Å². The van der Waals surface area contributed by atoms with Gasteiger partial charge < -0.3 is 29.9 Å². The van der Waals surface area contributed by atoms with Crippen LogP contribution < -0.4 is 10.1 Å². The molecule has 1 saturated carbocycles. The molecule has 3 N–H and O–H groups in total.